The second-order valence-corrected chi connectivity index (χ2v) is 6.55. The van der Waals surface area contributed by atoms with Crippen LogP contribution < -0.4 is 10.6 Å². The van der Waals surface area contributed by atoms with E-state index in [1.54, 1.807) is 0 Å². The molecule has 2 aromatic rings. The van der Waals surface area contributed by atoms with E-state index in [1.807, 2.05) is 60.7 Å². The van der Waals surface area contributed by atoms with Gasteiger partial charge in [-0.1, -0.05) is 60.7 Å². The van der Waals surface area contributed by atoms with Crippen LogP contribution in [0.1, 0.15) is 0 Å². The molecule has 0 saturated heterocycles. The molecule has 0 amide bonds. The fourth-order valence-corrected chi connectivity index (χ4v) is 2.67. The fraction of sp³-hybridized carbons (Fsp3) is 0. The third kappa shape index (κ3) is 5.27. The molecule has 0 fully saturated rings. The van der Waals surface area contributed by atoms with Gasteiger partial charge in [0.2, 0.25) is 0 Å². The Morgan fingerprint density at radius 1 is 0.765 bits per heavy atom. The first kappa shape index (κ1) is 14.8. The Kier molecular flexibility index (Phi) is 7.64. The number of hydrogen-bond acceptors (Lipinski definition) is 1. The van der Waals surface area contributed by atoms with Crippen LogP contribution in [0.25, 0.3) is 0 Å². The minimum absolute atomic E-state index is 0.569. The van der Waals surface area contributed by atoms with Crippen molar-refractivity contribution in [2.45, 2.75) is 0 Å². The van der Waals surface area contributed by atoms with E-state index in [-0.39, 0.29) is 0 Å². The number of rotatable bonds is 2. The molecule has 0 aromatic heterocycles. The van der Waals surface area contributed by atoms with Gasteiger partial charge in [0.15, 0.2) is 0 Å². The first-order valence-electron chi connectivity index (χ1n) is 4.76. The molecule has 0 radical (unpaired) electrons. The van der Waals surface area contributed by atoms with Crippen molar-refractivity contribution in [1.29, 1.82) is 0 Å². The van der Waals surface area contributed by atoms with Crippen LogP contribution in [0.2, 0.25) is 0 Å². The number of halogens is 2. The van der Waals surface area contributed by atoms with Gasteiger partial charge in [-0.2, -0.15) is 0 Å². The van der Waals surface area contributed by atoms with Crippen molar-refractivity contribution in [2.24, 2.45) is 0 Å². The Labute approximate surface area is 116 Å². The average molecular weight is 332 g/mol. The van der Waals surface area contributed by atoms with E-state index < -0.39 is 7.80 Å². The van der Waals surface area contributed by atoms with Crippen molar-refractivity contribution in [1.82, 2.24) is 0 Å². The molecule has 17 heavy (non-hydrogen) atoms. The van der Waals surface area contributed by atoms with Crippen LogP contribution in [0.15, 0.2) is 60.7 Å². The van der Waals surface area contributed by atoms with Gasteiger partial charge >= 0.3 is 33.0 Å². The minimum atomic E-state index is -1.79. The van der Waals surface area contributed by atoms with E-state index in [4.69, 9.17) is 20.4 Å². The maximum absolute atomic E-state index is 12.0. The summed E-state index contributed by atoms with van der Waals surface area (Å²) in [4.78, 5) is 0. The standard InChI is InChI=1S/C12H11OP.2ClH.Ni/c13-14(11-7-3-1-4-8-11)12-9-5-2-6-10-12;;;/h1-10,14H;2*1H;/q;;;+2/p-2. The Bertz CT molecular complexity index is 409. The summed E-state index contributed by atoms with van der Waals surface area (Å²) in [7, 11) is 7.61. The molecule has 0 spiro atoms. The summed E-state index contributed by atoms with van der Waals surface area (Å²) in [6, 6.07) is 19.2. The number of hydrogen-bond donors (Lipinski definition) is 0. The monoisotopic (exact) mass is 330 g/mol. The molecule has 2 rings (SSSR count). The SMILES string of the molecule is O=[PH](c1ccccc1)c1ccccc1.[Cl][Ni][Cl]. The van der Waals surface area contributed by atoms with Crippen LogP contribution in [0.4, 0.5) is 0 Å². The molecule has 0 aliphatic heterocycles. The van der Waals surface area contributed by atoms with Gasteiger partial charge in [-0.15, -0.1) is 0 Å². The van der Waals surface area contributed by atoms with Crippen molar-refractivity contribution in [3.63, 3.8) is 0 Å². The summed E-state index contributed by atoms with van der Waals surface area (Å²) >= 11 is 0.569. The van der Waals surface area contributed by atoms with Gasteiger partial charge in [0.05, 0.1) is 0 Å². The Morgan fingerprint density at radius 3 is 1.35 bits per heavy atom. The molecule has 0 N–H and O–H groups in total. The van der Waals surface area contributed by atoms with E-state index in [2.05, 4.69) is 0 Å². The molecule has 0 heterocycles. The molecule has 0 saturated carbocycles. The second kappa shape index (κ2) is 8.78. The molecule has 0 aliphatic carbocycles. The van der Waals surface area contributed by atoms with Crippen molar-refractivity contribution >= 4 is 38.8 Å². The van der Waals surface area contributed by atoms with E-state index in [1.165, 1.54) is 0 Å². The predicted octanol–water partition coefficient (Wildman–Crippen LogP) is 3.57. The van der Waals surface area contributed by atoms with Gasteiger partial charge in [0.25, 0.3) is 0 Å². The van der Waals surface area contributed by atoms with Gasteiger partial charge in [-0.3, -0.25) is 0 Å². The molecule has 0 aliphatic rings. The normalized spacial score (nSPS) is 9.82. The molecule has 5 heteroatoms. The van der Waals surface area contributed by atoms with E-state index >= 15 is 0 Å². The zero-order valence-corrected chi connectivity index (χ0v) is 12.3. The van der Waals surface area contributed by atoms with Crippen LogP contribution in [0, 0.1) is 0 Å². The summed E-state index contributed by atoms with van der Waals surface area (Å²) in [5.74, 6) is 0. The third-order valence-electron chi connectivity index (χ3n) is 2.07. The quantitative estimate of drug-likeness (QED) is 0.607. The summed E-state index contributed by atoms with van der Waals surface area (Å²) in [5, 5.41) is 1.84. The van der Waals surface area contributed by atoms with E-state index in [9.17, 15) is 4.57 Å². The van der Waals surface area contributed by atoms with E-state index in [0.717, 1.165) is 10.6 Å². The average Bonchev–Trinajstić information content (AvgIpc) is 2.41. The zero-order valence-electron chi connectivity index (χ0n) is 8.75. The molecule has 94 valence electrons. The Hall–Kier alpha value is -0.256. The summed E-state index contributed by atoms with van der Waals surface area (Å²) < 4.78 is 12.0. The molecule has 0 atom stereocenters. The van der Waals surface area contributed by atoms with Gasteiger partial charge in [0.1, 0.15) is 7.80 Å². The Morgan fingerprint density at radius 2 is 1.06 bits per heavy atom. The second-order valence-electron chi connectivity index (χ2n) is 3.11. The number of benzene rings is 2. The summed E-state index contributed by atoms with van der Waals surface area (Å²) in [5.41, 5.74) is 0. The molecule has 1 nitrogen and oxygen atoms in total. The molecule has 2 aromatic carbocycles. The van der Waals surface area contributed by atoms with Crippen LogP contribution in [-0.2, 0) is 17.2 Å². The van der Waals surface area contributed by atoms with Gasteiger partial charge in [-0.05, 0) is 0 Å². The predicted molar refractivity (Wildman–Crippen MR) is 72.9 cm³/mol. The van der Waals surface area contributed by atoms with Crippen LogP contribution in [0.3, 0.4) is 0 Å². The molecule has 0 bridgehead atoms. The molecule has 0 unspecified atom stereocenters. The summed E-state index contributed by atoms with van der Waals surface area (Å²) in [6.45, 7) is 0. The Balaban J connectivity index is 0.000000437. The first-order valence-corrected chi connectivity index (χ1v) is 8.89. The van der Waals surface area contributed by atoms with Crippen molar-refractivity contribution in [2.75, 3.05) is 0 Å². The van der Waals surface area contributed by atoms with Gasteiger partial charge in [0, 0.05) is 10.6 Å². The topological polar surface area (TPSA) is 17.1 Å². The van der Waals surface area contributed by atoms with Crippen molar-refractivity contribution in [3.05, 3.63) is 60.7 Å². The first-order chi connectivity index (χ1) is 8.29. The molecular weight excluding hydrogens is 321 g/mol. The van der Waals surface area contributed by atoms with E-state index in [0.29, 0.717) is 12.7 Å². The fourth-order valence-electron chi connectivity index (χ4n) is 1.35. The maximum atomic E-state index is 12.0. The molecular formula is C12H11Cl2NiOP. The van der Waals surface area contributed by atoms with Crippen LogP contribution in [-0.4, -0.2) is 0 Å². The van der Waals surface area contributed by atoms with Crippen molar-refractivity contribution in [3.8, 4) is 0 Å². The van der Waals surface area contributed by atoms with Crippen LogP contribution in [0.5, 0.6) is 0 Å². The third-order valence-corrected chi connectivity index (χ3v) is 3.79. The van der Waals surface area contributed by atoms with Gasteiger partial charge in [-0.25, -0.2) is 0 Å². The summed E-state index contributed by atoms with van der Waals surface area (Å²) in [6.07, 6.45) is 0. The van der Waals surface area contributed by atoms with Crippen LogP contribution >= 0.6 is 28.2 Å². The van der Waals surface area contributed by atoms with Gasteiger partial charge < -0.3 is 4.57 Å². The van der Waals surface area contributed by atoms with Crippen molar-refractivity contribution < 1.29 is 17.2 Å². The zero-order chi connectivity index (χ0) is 12.5.